The Morgan fingerprint density at radius 1 is 1.05 bits per heavy atom. The predicted molar refractivity (Wildman–Crippen MR) is 154 cm³/mol. The molecule has 1 N–H and O–H groups in total. The van der Waals surface area contributed by atoms with Gasteiger partial charge in [-0.25, -0.2) is 4.79 Å². The van der Waals surface area contributed by atoms with Crippen molar-refractivity contribution in [3.05, 3.63) is 53.6 Å². The predicted octanol–water partition coefficient (Wildman–Crippen LogP) is 4.68. The lowest BCUT2D eigenvalue weighted by Gasteiger charge is -2.36. The second kappa shape index (κ2) is 14.9. The number of ketones is 1. The SMILES string of the molecule is CCC(C)(C)C(=O)C(=O)N1CCCC[C@H]1C(=O)O[C@H](CCc1ccc(OC)c(OC)c1)c1cccc(OCCO)c1. The molecule has 0 aliphatic carbocycles. The number of carbonyl (C=O) groups excluding carboxylic acids is 3. The summed E-state index contributed by atoms with van der Waals surface area (Å²) < 4.78 is 22.5. The highest BCUT2D eigenvalue weighted by molar-refractivity contribution is 6.38. The molecule has 1 aliphatic heterocycles. The quantitative estimate of drug-likeness (QED) is 0.258. The lowest BCUT2D eigenvalue weighted by atomic mass is 9.84. The summed E-state index contributed by atoms with van der Waals surface area (Å²) in [5.74, 6) is 0.132. The normalized spacial score (nSPS) is 16.0. The smallest absolute Gasteiger partial charge is 0.329 e. The molecule has 9 nitrogen and oxygen atoms in total. The van der Waals surface area contributed by atoms with Crippen LogP contribution in [-0.4, -0.2) is 67.7 Å². The van der Waals surface area contributed by atoms with Gasteiger partial charge in [0.2, 0.25) is 5.78 Å². The number of esters is 1. The number of ether oxygens (including phenoxy) is 4. The Kier molecular flexibility index (Phi) is 11.6. The second-order valence-electron chi connectivity index (χ2n) is 10.9. The van der Waals surface area contributed by atoms with E-state index in [9.17, 15) is 14.4 Å². The van der Waals surface area contributed by atoms with E-state index >= 15 is 0 Å². The summed E-state index contributed by atoms with van der Waals surface area (Å²) in [7, 11) is 3.16. The van der Waals surface area contributed by atoms with Crippen molar-refractivity contribution < 1.29 is 38.4 Å². The Morgan fingerprint density at radius 2 is 1.80 bits per heavy atom. The van der Waals surface area contributed by atoms with Crippen LogP contribution < -0.4 is 14.2 Å². The molecule has 0 unspecified atom stereocenters. The van der Waals surface area contributed by atoms with Crippen molar-refractivity contribution in [3.63, 3.8) is 0 Å². The molecule has 2 aromatic carbocycles. The summed E-state index contributed by atoms with van der Waals surface area (Å²) in [6, 6.07) is 12.1. The molecule has 2 aromatic rings. The van der Waals surface area contributed by atoms with Crippen molar-refractivity contribution in [2.45, 2.75) is 71.4 Å². The van der Waals surface area contributed by atoms with Gasteiger partial charge in [0.1, 0.15) is 24.5 Å². The molecule has 0 bridgehead atoms. The van der Waals surface area contributed by atoms with Crippen LogP contribution >= 0.6 is 0 Å². The number of hydrogen-bond donors (Lipinski definition) is 1. The second-order valence-corrected chi connectivity index (χ2v) is 10.9. The summed E-state index contributed by atoms with van der Waals surface area (Å²) in [5, 5.41) is 9.16. The average Bonchev–Trinajstić information content (AvgIpc) is 3.00. The number of piperidine rings is 1. The molecular formula is C32H43NO8. The Bertz CT molecular complexity index is 1190. The molecule has 1 amide bonds. The first kappa shape index (κ1) is 31.9. The molecule has 224 valence electrons. The maximum atomic E-state index is 13.7. The Hall–Kier alpha value is -3.59. The van der Waals surface area contributed by atoms with Crippen molar-refractivity contribution >= 4 is 17.7 Å². The number of likely N-dealkylation sites (tertiary alicyclic amines) is 1. The van der Waals surface area contributed by atoms with Crippen LogP contribution in [0, 0.1) is 5.41 Å². The van der Waals surface area contributed by atoms with Crippen molar-refractivity contribution in [3.8, 4) is 17.2 Å². The maximum absolute atomic E-state index is 13.7. The number of aliphatic hydroxyl groups is 1. The molecule has 41 heavy (non-hydrogen) atoms. The van der Waals surface area contributed by atoms with Gasteiger partial charge in [-0.2, -0.15) is 0 Å². The number of hydrogen-bond acceptors (Lipinski definition) is 8. The van der Waals surface area contributed by atoms with E-state index in [0.717, 1.165) is 24.0 Å². The van der Waals surface area contributed by atoms with Crippen LogP contribution in [-0.2, 0) is 25.5 Å². The van der Waals surface area contributed by atoms with Gasteiger partial charge in [-0.05, 0) is 73.9 Å². The lowest BCUT2D eigenvalue weighted by Crippen LogP contribution is -2.53. The average molecular weight is 570 g/mol. The minimum Gasteiger partial charge on any atom is -0.493 e. The van der Waals surface area contributed by atoms with E-state index < -0.39 is 35.2 Å². The molecular weight excluding hydrogens is 526 g/mol. The molecule has 0 radical (unpaired) electrons. The van der Waals surface area contributed by atoms with Gasteiger partial charge < -0.3 is 29.0 Å². The molecule has 1 aliphatic rings. The molecule has 9 heteroatoms. The zero-order valence-electron chi connectivity index (χ0n) is 24.8. The van der Waals surface area contributed by atoms with E-state index in [1.54, 1.807) is 46.3 Å². The first-order valence-corrected chi connectivity index (χ1v) is 14.3. The van der Waals surface area contributed by atoms with Gasteiger partial charge in [0.15, 0.2) is 11.5 Å². The van der Waals surface area contributed by atoms with Gasteiger partial charge in [0.05, 0.1) is 20.8 Å². The highest BCUT2D eigenvalue weighted by Crippen LogP contribution is 2.32. The fourth-order valence-electron chi connectivity index (χ4n) is 4.81. The molecule has 0 saturated carbocycles. The van der Waals surface area contributed by atoms with E-state index in [1.807, 2.05) is 31.2 Å². The third kappa shape index (κ3) is 8.22. The molecule has 3 rings (SSSR count). The third-order valence-electron chi connectivity index (χ3n) is 7.72. The number of aliphatic hydroxyl groups excluding tert-OH is 1. The molecule has 1 heterocycles. The van der Waals surface area contributed by atoms with Crippen LogP contribution in [0.2, 0.25) is 0 Å². The van der Waals surface area contributed by atoms with Gasteiger partial charge in [-0.1, -0.05) is 39.0 Å². The van der Waals surface area contributed by atoms with Gasteiger partial charge in [-0.15, -0.1) is 0 Å². The fraction of sp³-hybridized carbons (Fsp3) is 0.531. The van der Waals surface area contributed by atoms with E-state index in [1.165, 1.54) is 4.90 Å². The molecule has 0 spiro atoms. The van der Waals surface area contributed by atoms with Crippen LogP contribution in [0.3, 0.4) is 0 Å². The molecule has 1 saturated heterocycles. The third-order valence-corrected chi connectivity index (χ3v) is 7.72. The van der Waals surface area contributed by atoms with Crippen LogP contribution in [0.5, 0.6) is 17.2 Å². The highest BCUT2D eigenvalue weighted by atomic mass is 16.5. The van der Waals surface area contributed by atoms with Gasteiger partial charge in [0.25, 0.3) is 5.91 Å². The number of methoxy groups -OCH3 is 2. The fourth-order valence-corrected chi connectivity index (χ4v) is 4.81. The highest BCUT2D eigenvalue weighted by Gasteiger charge is 2.41. The van der Waals surface area contributed by atoms with Gasteiger partial charge >= 0.3 is 5.97 Å². The minimum atomic E-state index is -0.828. The first-order valence-electron chi connectivity index (χ1n) is 14.3. The Labute approximate surface area is 242 Å². The maximum Gasteiger partial charge on any atom is 0.329 e. The Morgan fingerprint density at radius 3 is 2.49 bits per heavy atom. The zero-order valence-corrected chi connectivity index (χ0v) is 24.8. The van der Waals surface area contributed by atoms with Crippen LogP contribution in [0.15, 0.2) is 42.5 Å². The van der Waals surface area contributed by atoms with Crippen molar-refractivity contribution in [1.82, 2.24) is 4.90 Å². The number of Topliss-reactive ketones (excluding diaryl/α,β-unsaturated/α-hetero) is 1. The van der Waals surface area contributed by atoms with E-state index in [2.05, 4.69) is 0 Å². The van der Waals surface area contributed by atoms with E-state index in [0.29, 0.717) is 49.5 Å². The monoisotopic (exact) mass is 569 g/mol. The first-order chi connectivity index (χ1) is 19.6. The Balaban J connectivity index is 1.85. The van der Waals surface area contributed by atoms with Crippen LogP contribution in [0.4, 0.5) is 0 Å². The minimum absolute atomic E-state index is 0.124. The van der Waals surface area contributed by atoms with Crippen LogP contribution in [0.25, 0.3) is 0 Å². The van der Waals surface area contributed by atoms with E-state index in [4.69, 9.17) is 24.1 Å². The number of benzene rings is 2. The summed E-state index contributed by atoms with van der Waals surface area (Å²) in [4.78, 5) is 41.3. The summed E-state index contributed by atoms with van der Waals surface area (Å²) in [6.45, 7) is 5.72. The van der Waals surface area contributed by atoms with Gasteiger partial charge in [-0.3, -0.25) is 9.59 Å². The summed E-state index contributed by atoms with van der Waals surface area (Å²) in [5.41, 5.74) is 0.893. The summed E-state index contributed by atoms with van der Waals surface area (Å²) in [6.07, 6.45) is 2.82. The number of aryl methyl sites for hydroxylation is 1. The van der Waals surface area contributed by atoms with Crippen molar-refractivity contribution in [1.29, 1.82) is 0 Å². The topological polar surface area (TPSA) is 112 Å². The van der Waals surface area contributed by atoms with E-state index in [-0.39, 0.29) is 13.2 Å². The zero-order chi connectivity index (χ0) is 30.0. The van der Waals surface area contributed by atoms with Crippen molar-refractivity contribution in [2.24, 2.45) is 5.41 Å². The van der Waals surface area contributed by atoms with Gasteiger partial charge in [0, 0.05) is 12.0 Å². The molecule has 2 atom stereocenters. The standard InChI is InChI=1S/C32H43NO8/c1-6-32(2,3)29(35)30(36)33-17-8-7-12-25(33)31(37)41-26(23-10-9-11-24(21-23)40-19-18-34)15-13-22-14-16-27(38-4)28(20-22)39-5/h9-11,14,16,20-21,25-26,34H,6-8,12-13,15,17-19H2,1-5H3/t25-,26+/m0/s1. The van der Waals surface area contributed by atoms with Crippen molar-refractivity contribution in [2.75, 3.05) is 34.0 Å². The number of nitrogens with zero attached hydrogens (tertiary/aromatic N) is 1. The number of rotatable bonds is 14. The number of amides is 1. The van der Waals surface area contributed by atoms with Crippen LogP contribution in [0.1, 0.15) is 70.1 Å². The summed E-state index contributed by atoms with van der Waals surface area (Å²) >= 11 is 0. The molecule has 1 fully saturated rings. The lowest BCUT2D eigenvalue weighted by molar-refractivity contribution is -0.164. The number of carbonyl (C=O) groups is 3. The molecule has 0 aromatic heterocycles. The largest absolute Gasteiger partial charge is 0.493 e.